The van der Waals surface area contributed by atoms with Gasteiger partial charge in [-0.15, -0.1) is 0 Å². The molecule has 0 unspecified atom stereocenters. The molecule has 2 saturated heterocycles. The van der Waals surface area contributed by atoms with Crippen molar-refractivity contribution < 1.29 is 9.59 Å². The zero-order valence-electron chi connectivity index (χ0n) is 18.6. The van der Waals surface area contributed by atoms with Gasteiger partial charge in [0.05, 0.1) is 19.1 Å². The van der Waals surface area contributed by atoms with Gasteiger partial charge in [-0.1, -0.05) is 17.7 Å². The van der Waals surface area contributed by atoms with Crippen molar-refractivity contribution in [2.75, 3.05) is 51.1 Å². The number of aryl methyl sites for hydroxylation is 2. The van der Waals surface area contributed by atoms with E-state index in [0.29, 0.717) is 32.2 Å². The zero-order valence-corrected chi connectivity index (χ0v) is 18.6. The van der Waals surface area contributed by atoms with E-state index >= 15 is 0 Å². The average molecular weight is 424 g/mol. The van der Waals surface area contributed by atoms with Gasteiger partial charge in [0.25, 0.3) is 0 Å². The number of aromatic nitrogens is 1. The van der Waals surface area contributed by atoms with Crippen LogP contribution in [0.4, 0.5) is 5.69 Å². The number of hydrogen-bond acceptors (Lipinski definition) is 4. The molecular weight excluding hydrogens is 390 g/mol. The van der Waals surface area contributed by atoms with Gasteiger partial charge < -0.3 is 14.8 Å². The first-order valence-corrected chi connectivity index (χ1v) is 11.2. The van der Waals surface area contributed by atoms with Gasteiger partial charge >= 0.3 is 0 Å². The van der Waals surface area contributed by atoms with Crippen LogP contribution in [-0.4, -0.2) is 76.9 Å². The lowest BCUT2D eigenvalue weighted by atomic mass is 10.1. The molecule has 7 heteroatoms. The molecule has 166 valence electrons. The van der Waals surface area contributed by atoms with E-state index in [1.165, 1.54) is 11.3 Å². The van der Waals surface area contributed by atoms with Crippen molar-refractivity contribution >= 4 is 17.5 Å². The third-order valence-corrected chi connectivity index (χ3v) is 6.45. The Labute approximate surface area is 184 Å². The normalized spacial score (nSPS) is 20.2. The van der Waals surface area contributed by atoms with E-state index in [4.69, 9.17) is 0 Å². The summed E-state index contributed by atoms with van der Waals surface area (Å²) in [5.41, 5.74) is 3.28. The predicted octanol–water partition coefficient (Wildman–Crippen LogP) is 2.25. The van der Waals surface area contributed by atoms with Gasteiger partial charge in [-0.05, 0) is 50.6 Å². The van der Waals surface area contributed by atoms with E-state index in [9.17, 15) is 9.59 Å². The first-order chi connectivity index (χ1) is 15.0. The molecule has 1 aromatic carbocycles. The average Bonchev–Trinajstić information content (AvgIpc) is 3.38. The van der Waals surface area contributed by atoms with Crippen molar-refractivity contribution in [3.8, 4) is 0 Å². The van der Waals surface area contributed by atoms with Gasteiger partial charge in [-0.2, -0.15) is 0 Å². The van der Waals surface area contributed by atoms with E-state index < -0.39 is 0 Å². The van der Waals surface area contributed by atoms with E-state index in [0.717, 1.165) is 38.2 Å². The van der Waals surface area contributed by atoms with Crippen molar-refractivity contribution in [3.63, 3.8) is 0 Å². The Kier molecular flexibility index (Phi) is 6.73. The van der Waals surface area contributed by atoms with Gasteiger partial charge in [0.1, 0.15) is 0 Å². The Bertz CT molecular complexity index is 899. The molecule has 7 nitrogen and oxygen atoms in total. The maximum absolute atomic E-state index is 12.9. The van der Waals surface area contributed by atoms with Crippen molar-refractivity contribution in [1.29, 1.82) is 0 Å². The Morgan fingerprint density at radius 3 is 2.42 bits per heavy atom. The number of likely N-dealkylation sites (tertiary alicyclic amines) is 1. The summed E-state index contributed by atoms with van der Waals surface area (Å²) in [5, 5.41) is 2.95. The van der Waals surface area contributed by atoms with Gasteiger partial charge in [0.15, 0.2) is 0 Å². The zero-order chi connectivity index (χ0) is 21.8. The topological polar surface area (TPSA) is 60.8 Å². The van der Waals surface area contributed by atoms with Crippen LogP contribution in [0.25, 0.3) is 0 Å². The fraction of sp³-hybridized carbons (Fsp3) is 0.500. The fourth-order valence-corrected chi connectivity index (χ4v) is 4.64. The first-order valence-electron chi connectivity index (χ1n) is 11.2. The maximum Gasteiger partial charge on any atom is 0.238 e. The molecule has 0 aliphatic carbocycles. The van der Waals surface area contributed by atoms with Crippen molar-refractivity contribution in [1.82, 2.24) is 19.3 Å². The molecule has 2 amide bonds. The summed E-state index contributed by atoms with van der Waals surface area (Å²) in [6, 6.07) is 12.4. The Morgan fingerprint density at radius 1 is 1.00 bits per heavy atom. The Morgan fingerprint density at radius 2 is 1.74 bits per heavy atom. The van der Waals surface area contributed by atoms with Crippen LogP contribution in [0.15, 0.2) is 42.6 Å². The van der Waals surface area contributed by atoms with Crippen molar-refractivity contribution in [2.45, 2.75) is 25.8 Å². The smallest absolute Gasteiger partial charge is 0.238 e. The lowest BCUT2D eigenvalue weighted by Gasteiger charge is -2.35. The lowest BCUT2D eigenvalue weighted by molar-refractivity contribution is -0.134. The van der Waals surface area contributed by atoms with Crippen LogP contribution >= 0.6 is 0 Å². The third-order valence-electron chi connectivity index (χ3n) is 6.45. The molecule has 4 rings (SSSR count). The third kappa shape index (κ3) is 5.35. The van der Waals surface area contributed by atoms with Crippen LogP contribution < -0.4 is 5.32 Å². The molecule has 2 aliphatic rings. The number of rotatable bonds is 6. The molecule has 3 heterocycles. The second-order valence-corrected chi connectivity index (χ2v) is 8.74. The SMILES string of the molecule is Cc1ccc(NC(=O)CN2CCN(C(=O)CN3CCC[C@@H]3c3cccn3C)CC2)cc1. The second-order valence-electron chi connectivity index (χ2n) is 8.74. The molecule has 0 spiro atoms. The summed E-state index contributed by atoms with van der Waals surface area (Å²) in [4.78, 5) is 31.7. The number of hydrogen-bond donors (Lipinski definition) is 1. The lowest BCUT2D eigenvalue weighted by Crippen LogP contribution is -2.52. The fourth-order valence-electron chi connectivity index (χ4n) is 4.64. The maximum atomic E-state index is 12.9. The van der Waals surface area contributed by atoms with Crippen molar-refractivity contribution in [2.24, 2.45) is 7.05 Å². The number of nitrogens with zero attached hydrogens (tertiary/aromatic N) is 4. The number of nitrogens with one attached hydrogen (secondary N) is 1. The monoisotopic (exact) mass is 423 g/mol. The second kappa shape index (κ2) is 9.66. The van der Waals surface area contributed by atoms with Crippen LogP contribution in [0.5, 0.6) is 0 Å². The molecule has 31 heavy (non-hydrogen) atoms. The minimum absolute atomic E-state index is 0.00824. The number of anilines is 1. The minimum Gasteiger partial charge on any atom is -0.353 e. The largest absolute Gasteiger partial charge is 0.353 e. The van der Waals surface area contributed by atoms with E-state index in [-0.39, 0.29) is 11.8 Å². The molecule has 0 bridgehead atoms. The van der Waals surface area contributed by atoms with Crippen LogP contribution in [-0.2, 0) is 16.6 Å². The van der Waals surface area contributed by atoms with Crippen LogP contribution in [0.2, 0.25) is 0 Å². The highest BCUT2D eigenvalue weighted by atomic mass is 16.2. The molecule has 2 aliphatic heterocycles. The quantitative estimate of drug-likeness (QED) is 0.774. The summed E-state index contributed by atoms with van der Waals surface area (Å²) >= 11 is 0. The molecule has 1 atom stereocenters. The Hall–Kier alpha value is -2.64. The van der Waals surface area contributed by atoms with Gasteiger partial charge in [-0.3, -0.25) is 19.4 Å². The number of carbonyl (C=O) groups excluding carboxylic acids is 2. The molecular formula is C24H33N5O2. The van der Waals surface area contributed by atoms with E-state index in [1.54, 1.807) is 0 Å². The molecule has 1 N–H and O–H groups in total. The Balaban J connectivity index is 1.23. The highest BCUT2D eigenvalue weighted by molar-refractivity contribution is 5.92. The standard InChI is InChI=1S/C24H33N5O2/c1-19-7-9-20(10-8-19)25-23(30)17-27-13-15-28(16-14-27)24(31)18-29-12-4-6-22(29)21-5-3-11-26(21)2/h3,5,7-11,22H,4,6,12-18H2,1-2H3,(H,25,30)/t22-/m1/s1. The number of carbonyl (C=O) groups is 2. The molecule has 1 aromatic heterocycles. The van der Waals surface area contributed by atoms with E-state index in [2.05, 4.69) is 45.1 Å². The summed E-state index contributed by atoms with van der Waals surface area (Å²) in [7, 11) is 2.07. The van der Waals surface area contributed by atoms with Gasteiger partial charge in [-0.25, -0.2) is 0 Å². The van der Waals surface area contributed by atoms with E-state index in [1.807, 2.05) is 36.1 Å². The molecule has 2 fully saturated rings. The first kappa shape index (κ1) is 21.6. The van der Waals surface area contributed by atoms with Crippen LogP contribution in [0, 0.1) is 6.92 Å². The minimum atomic E-state index is -0.00824. The molecule has 2 aromatic rings. The summed E-state index contributed by atoms with van der Waals surface area (Å²) in [5.74, 6) is 0.191. The predicted molar refractivity (Wildman–Crippen MR) is 122 cm³/mol. The summed E-state index contributed by atoms with van der Waals surface area (Å²) in [6.07, 6.45) is 4.31. The number of benzene rings is 1. The van der Waals surface area contributed by atoms with Gasteiger partial charge in [0.2, 0.25) is 11.8 Å². The van der Waals surface area contributed by atoms with Crippen LogP contribution in [0.1, 0.15) is 30.1 Å². The summed E-state index contributed by atoms with van der Waals surface area (Å²) < 4.78 is 2.16. The number of amides is 2. The molecule has 0 saturated carbocycles. The molecule has 0 radical (unpaired) electrons. The van der Waals surface area contributed by atoms with Crippen molar-refractivity contribution in [3.05, 3.63) is 53.9 Å². The van der Waals surface area contributed by atoms with Crippen LogP contribution in [0.3, 0.4) is 0 Å². The highest BCUT2D eigenvalue weighted by Crippen LogP contribution is 2.31. The highest BCUT2D eigenvalue weighted by Gasteiger charge is 2.31. The number of piperazine rings is 1. The van der Waals surface area contributed by atoms with Gasteiger partial charge in [0, 0.05) is 50.8 Å². The summed E-state index contributed by atoms with van der Waals surface area (Å²) in [6.45, 7) is 6.65.